The van der Waals surface area contributed by atoms with E-state index in [1.165, 1.54) is 0 Å². The molecule has 110 valence electrons. The van der Waals surface area contributed by atoms with Crippen molar-refractivity contribution in [3.8, 4) is 0 Å². The van der Waals surface area contributed by atoms with Crippen LogP contribution in [-0.4, -0.2) is 41.5 Å². The van der Waals surface area contributed by atoms with Gasteiger partial charge < -0.3 is 14.7 Å². The van der Waals surface area contributed by atoms with Crippen LogP contribution in [0.4, 0.5) is 5.82 Å². The lowest BCUT2D eigenvalue weighted by atomic mass is 9.79. The van der Waals surface area contributed by atoms with Crippen LogP contribution in [0.1, 0.15) is 26.2 Å². The molecule has 3 heterocycles. The minimum atomic E-state index is -0.655. The van der Waals surface area contributed by atoms with E-state index in [0.717, 1.165) is 25.2 Å². The second-order valence-corrected chi connectivity index (χ2v) is 6.46. The van der Waals surface area contributed by atoms with E-state index in [1.807, 2.05) is 19.1 Å². The molecule has 0 saturated carbocycles. The van der Waals surface area contributed by atoms with Crippen LogP contribution in [0, 0.1) is 5.92 Å². The van der Waals surface area contributed by atoms with Crippen LogP contribution in [0.3, 0.4) is 0 Å². The van der Waals surface area contributed by atoms with Crippen molar-refractivity contribution in [3.63, 3.8) is 0 Å². The molecule has 2 fully saturated rings. The van der Waals surface area contributed by atoms with Crippen LogP contribution < -0.4 is 4.90 Å². The van der Waals surface area contributed by atoms with Crippen LogP contribution in [0.15, 0.2) is 18.3 Å². The second-order valence-electron chi connectivity index (χ2n) is 6.03. The van der Waals surface area contributed by atoms with Crippen LogP contribution in [0.5, 0.6) is 0 Å². The Kier molecular flexibility index (Phi) is 3.89. The summed E-state index contributed by atoms with van der Waals surface area (Å²) in [5.41, 5.74) is -0.655. The van der Waals surface area contributed by atoms with Gasteiger partial charge in [0.15, 0.2) is 0 Å². The van der Waals surface area contributed by atoms with E-state index < -0.39 is 5.60 Å². The van der Waals surface area contributed by atoms with Crippen molar-refractivity contribution in [1.82, 2.24) is 4.98 Å². The number of nitrogens with zero attached hydrogens (tertiary/aromatic N) is 2. The summed E-state index contributed by atoms with van der Waals surface area (Å²) in [6.45, 7) is 4.19. The zero-order valence-electron chi connectivity index (χ0n) is 11.8. The van der Waals surface area contributed by atoms with Crippen molar-refractivity contribution in [2.45, 2.75) is 37.8 Å². The lowest BCUT2D eigenvalue weighted by molar-refractivity contribution is -0.108. The summed E-state index contributed by atoms with van der Waals surface area (Å²) in [7, 11) is 0. The molecule has 1 N–H and O–H groups in total. The van der Waals surface area contributed by atoms with Gasteiger partial charge in [0.05, 0.1) is 17.2 Å². The number of hydrogen-bond donors (Lipinski definition) is 1. The number of rotatable bonds is 2. The lowest BCUT2D eigenvalue weighted by Crippen LogP contribution is -2.52. The number of aromatic nitrogens is 1. The Balaban J connectivity index is 1.83. The number of pyridine rings is 1. The summed E-state index contributed by atoms with van der Waals surface area (Å²) in [5, 5.41) is 11.3. The molecule has 0 aliphatic carbocycles. The van der Waals surface area contributed by atoms with Crippen LogP contribution in [0.2, 0.25) is 5.02 Å². The molecule has 2 aliphatic heterocycles. The predicted octanol–water partition coefficient (Wildman–Crippen LogP) is 2.49. The highest BCUT2D eigenvalue weighted by atomic mass is 35.5. The first-order valence-electron chi connectivity index (χ1n) is 7.26. The van der Waals surface area contributed by atoms with Gasteiger partial charge in [-0.25, -0.2) is 4.98 Å². The number of aliphatic hydroxyl groups is 1. The van der Waals surface area contributed by atoms with E-state index in [9.17, 15) is 5.11 Å². The van der Waals surface area contributed by atoms with Gasteiger partial charge >= 0.3 is 0 Å². The Morgan fingerprint density at radius 1 is 1.50 bits per heavy atom. The number of halogens is 1. The summed E-state index contributed by atoms with van der Waals surface area (Å²) >= 11 is 5.91. The van der Waals surface area contributed by atoms with E-state index in [4.69, 9.17) is 16.3 Å². The zero-order chi connectivity index (χ0) is 14.2. The minimum absolute atomic E-state index is 0.135. The van der Waals surface area contributed by atoms with Crippen molar-refractivity contribution < 1.29 is 9.84 Å². The summed E-state index contributed by atoms with van der Waals surface area (Å²) < 4.78 is 5.61. The molecule has 1 aromatic heterocycles. The molecule has 0 aromatic carbocycles. The van der Waals surface area contributed by atoms with Crippen molar-refractivity contribution in [2.75, 3.05) is 24.7 Å². The number of anilines is 1. The molecule has 0 amide bonds. The zero-order valence-corrected chi connectivity index (χ0v) is 12.5. The fraction of sp³-hybridized carbons (Fsp3) is 0.667. The highest BCUT2D eigenvalue weighted by molar-refractivity contribution is 6.30. The first-order valence-corrected chi connectivity index (χ1v) is 7.64. The third-order valence-electron chi connectivity index (χ3n) is 4.62. The summed E-state index contributed by atoms with van der Waals surface area (Å²) in [6.07, 6.45) is 4.59. The van der Waals surface area contributed by atoms with Gasteiger partial charge in [-0.3, -0.25) is 0 Å². The Morgan fingerprint density at radius 3 is 3.05 bits per heavy atom. The van der Waals surface area contributed by atoms with Crippen molar-refractivity contribution in [2.24, 2.45) is 5.92 Å². The number of hydrogen-bond acceptors (Lipinski definition) is 4. The Hall–Kier alpha value is -0.840. The van der Waals surface area contributed by atoms with Gasteiger partial charge in [-0.15, -0.1) is 0 Å². The topological polar surface area (TPSA) is 45.6 Å². The molecule has 0 bridgehead atoms. The first kappa shape index (κ1) is 14.1. The van der Waals surface area contributed by atoms with Crippen molar-refractivity contribution in [3.05, 3.63) is 23.4 Å². The van der Waals surface area contributed by atoms with Gasteiger partial charge in [0.2, 0.25) is 0 Å². The third kappa shape index (κ3) is 2.65. The molecule has 4 nitrogen and oxygen atoms in total. The van der Waals surface area contributed by atoms with Gasteiger partial charge in [0.1, 0.15) is 5.82 Å². The van der Waals surface area contributed by atoms with E-state index in [2.05, 4.69) is 9.88 Å². The highest BCUT2D eigenvalue weighted by Gasteiger charge is 2.44. The van der Waals surface area contributed by atoms with E-state index in [0.29, 0.717) is 30.7 Å². The predicted molar refractivity (Wildman–Crippen MR) is 79.2 cm³/mol. The molecule has 5 heteroatoms. The van der Waals surface area contributed by atoms with Crippen molar-refractivity contribution >= 4 is 17.4 Å². The third-order valence-corrected chi connectivity index (χ3v) is 4.84. The molecule has 0 unspecified atom stereocenters. The monoisotopic (exact) mass is 296 g/mol. The smallest absolute Gasteiger partial charge is 0.128 e. The second kappa shape index (κ2) is 5.51. The Bertz CT molecular complexity index is 463. The van der Waals surface area contributed by atoms with Crippen molar-refractivity contribution in [1.29, 1.82) is 0 Å². The molecule has 1 aromatic rings. The molecular weight excluding hydrogens is 276 g/mol. The fourth-order valence-corrected chi connectivity index (χ4v) is 3.52. The average Bonchev–Trinajstić information content (AvgIpc) is 2.88. The number of ether oxygens (including phenoxy) is 1. The molecular formula is C15H21ClN2O2. The molecule has 20 heavy (non-hydrogen) atoms. The Morgan fingerprint density at radius 2 is 2.35 bits per heavy atom. The Labute approximate surface area is 124 Å². The normalized spacial score (nSPS) is 34.5. The van der Waals surface area contributed by atoms with Gasteiger partial charge in [0.25, 0.3) is 0 Å². The minimum Gasteiger partial charge on any atom is -0.390 e. The van der Waals surface area contributed by atoms with Gasteiger partial charge in [-0.2, -0.15) is 0 Å². The summed E-state index contributed by atoms with van der Waals surface area (Å²) in [5.74, 6) is 1.08. The van der Waals surface area contributed by atoms with Gasteiger partial charge in [-0.05, 0) is 38.3 Å². The largest absolute Gasteiger partial charge is 0.390 e. The molecule has 3 rings (SSSR count). The van der Waals surface area contributed by atoms with Crippen LogP contribution in [0.25, 0.3) is 0 Å². The standard InChI is InChI=1S/C15H21ClN2O2/c1-15(19)6-8-20-10-12(15)13-3-2-7-18(13)14-5-4-11(16)9-17-14/h4-5,9,12-13,19H,2-3,6-8,10H2,1H3/t12-,13-,15-/m0/s1. The van der Waals surface area contributed by atoms with Crippen LogP contribution in [-0.2, 0) is 4.74 Å². The maximum absolute atomic E-state index is 10.7. The molecule has 0 spiro atoms. The lowest BCUT2D eigenvalue weighted by Gasteiger charge is -2.43. The molecule has 3 atom stereocenters. The molecule has 2 aliphatic rings. The fourth-order valence-electron chi connectivity index (χ4n) is 3.41. The summed E-state index contributed by atoms with van der Waals surface area (Å²) in [4.78, 5) is 6.72. The summed E-state index contributed by atoms with van der Waals surface area (Å²) in [6, 6.07) is 4.12. The van der Waals surface area contributed by atoms with Crippen LogP contribution >= 0.6 is 11.6 Å². The molecule has 0 radical (unpaired) electrons. The quantitative estimate of drug-likeness (QED) is 0.911. The highest BCUT2D eigenvalue weighted by Crippen LogP contribution is 2.37. The SMILES string of the molecule is C[C@]1(O)CCOC[C@H]1[C@@H]1CCCN1c1ccc(Cl)cn1. The van der Waals surface area contributed by atoms with Gasteiger partial charge in [0, 0.05) is 31.3 Å². The maximum Gasteiger partial charge on any atom is 0.128 e. The maximum atomic E-state index is 10.7. The van der Waals surface area contributed by atoms with E-state index in [-0.39, 0.29) is 5.92 Å². The average molecular weight is 297 g/mol. The van der Waals surface area contributed by atoms with E-state index in [1.54, 1.807) is 6.20 Å². The van der Waals surface area contributed by atoms with Gasteiger partial charge in [-0.1, -0.05) is 11.6 Å². The van der Waals surface area contributed by atoms with E-state index >= 15 is 0 Å². The first-order chi connectivity index (χ1) is 9.58. The molecule has 2 saturated heterocycles.